The van der Waals surface area contributed by atoms with Crippen molar-refractivity contribution in [3.8, 4) is 0 Å². The van der Waals surface area contributed by atoms with Crippen molar-refractivity contribution >= 4 is 22.0 Å². The van der Waals surface area contributed by atoms with Crippen LogP contribution in [0.1, 0.15) is 31.9 Å². The summed E-state index contributed by atoms with van der Waals surface area (Å²) in [6, 6.07) is 8.64. The summed E-state index contributed by atoms with van der Waals surface area (Å²) in [4.78, 5) is 1.87. The van der Waals surface area contributed by atoms with E-state index in [-0.39, 0.29) is 5.41 Å². The van der Waals surface area contributed by atoms with Crippen molar-refractivity contribution < 1.29 is 0 Å². The van der Waals surface area contributed by atoms with Crippen LogP contribution >= 0.6 is 15.9 Å². The van der Waals surface area contributed by atoms with Crippen LogP contribution in [-0.4, -0.2) is 0 Å². The highest BCUT2D eigenvalue weighted by Gasteiger charge is 2.12. The summed E-state index contributed by atoms with van der Waals surface area (Å²) in [6.45, 7) is 6.67. The molecule has 0 amide bonds. The fourth-order valence-electron chi connectivity index (χ4n) is 1.17. The molecule has 0 radical (unpaired) electrons. The zero-order valence-corrected chi connectivity index (χ0v) is 9.93. The molecule has 0 unspecified atom stereocenters. The summed E-state index contributed by atoms with van der Waals surface area (Å²) in [5.41, 5.74) is 2.85. The van der Waals surface area contributed by atoms with E-state index in [1.165, 1.54) is 11.1 Å². The molecular weight excluding hydrogens is 224 g/mol. The van der Waals surface area contributed by atoms with Crippen LogP contribution in [-0.2, 0) is 5.41 Å². The second-order valence-electron chi connectivity index (χ2n) is 4.16. The fraction of sp³-hybridized carbons (Fsp3) is 0.333. The Morgan fingerprint density at radius 1 is 1.08 bits per heavy atom. The molecule has 1 rings (SSSR count). The molecular formula is C12H15Br. The van der Waals surface area contributed by atoms with Crippen LogP contribution in [0.5, 0.6) is 0 Å². The van der Waals surface area contributed by atoms with Crippen molar-refractivity contribution in [3.05, 3.63) is 40.4 Å². The Morgan fingerprint density at radius 3 is 2.00 bits per heavy atom. The van der Waals surface area contributed by atoms with Gasteiger partial charge in [0.15, 0.2) is 0 Å². The predicted molar refractivity (Wildman–Crippen MR) is 63.1 cm³/mol. The Labute approximate surface area is 88.8 Å². The molecule has 0 heterocycles. The molecule has 0 saturated carbocycles. The minimum Gasteiger partial charge on any atom is -0.0595 e. The Bertz CT molecular complexity index is 288. The van der Waals surface area contributed by atoms with Gasteiger partial charge in [0.2, 0.25) is 0 Å². The predicted octanol–water partition coefficient (Wildman–Crippen LogP) is 4.35. The van der Waals surface area contributed by atoms with E-state index >= 15 is 0 Å². The van der Waals surface area contributed by atoms with Gasteiger partial charge in [0.05, 0.1) is 0 Å². The minimum absolute atomic E-state index is 0.247. The van der Waals surface area contributed by atoms with Crippen LogP contribution in [0.15, 0.2) is 29.3 Å². The first-order valence-electron chi connectivity index (χ1n) is 4.41. The molecule has 13 heavy (non-hydrogen) atoms. The fourth-order valence-corrected chi connectivity index (χ4v) is 1.47. The van der Waals surface area contributed by atoms with Crippen molar-refractivity contribution in [3.63, 3.8) is 0 Å². The molecule has 1 heteroatoms. The molecule has 0 nitrogen and oxygen atoms in total. The molecule has 1 aromatic rings. The van der Waals surface area contributed by atoms with Crippen molar-refractivity contribution in [1.82, 2.24) is 0 Å². The molecule has 0 fully saturated rings. The van der Waals surface area contributed by atoms with Crippen LogP contribution in [0.4, 0.5) is 0 Å². The zero-order chi connectivity index (χ0) is 9.90. The summed E-state index contributed by atoms with van der Waals surface area (Å²) < 4.78 is 0. The first-order chi connectivity index (χ1) is 6.04. The third-order valence-electron chi connectivity index (χ3n) is 2.03. The van der Waals surface area contributed by atoms with Gasteiger partial charge < -0.3 is 0 Å². The van der Waals surface area contributed by atoms with Gasteiger partial charge in [-0.25, -0.2) is 0 Å². The van der Waals surface area contributed by atoms with E-state index in [1.807, 2.05) is 11.1 Å². The quantitative estimate of drug-likeness (QED) is 0.683. The zero-order valence-electron chi connectivity index (χ0n) is 8.34. The number of hydrogen-bond donors (Lipinski definition) is 0. The standard InChI is InChI=1S/C12H15Br/c1-12(2,3)11-6-4-10(5-7-11)8-9-13/h4-9H,1-3H3/b9-8-. The van der Waals surface area contributed by atoms with Crippen molar-refractivity contribution in [2.24, 2.45) is 0 Å². The third kappa shape index (κ3) is 3.00. The van der Waals surface area contributed by atoms with Gasteiger partial charge in [-0.2, -0.15) is 0 Å². The molecule has 0 N–H and O–H groups in total. The SMILES string of the molecule is CC(C)(C)c1ccc(/C=C\Br)cc1. The maximum atomic E-state index is 3.26. The molecule has 0 atom stereocenters. The number of benzene rings is 1. The highest BCUT2D eigenvalue weighted by Crippen LogP contribution is 2.22. The molecule has 0 aliphatic rings. The topological polar surface area (TPSA) is 0 Å². The van der Waals surface area contributed by atoms with E-state index < -0.39 is 0 Å². The highest BCUT2D eigenvalue weighted by atomic mass is 79.9. The minimum atomic E-state index is 0.247. The van der Waals surface area contributed by atoms with Gasteiger partial charge >= 0.3 is 0 Å². The van der Waals surface area contributed by atoms with Gasteiger partial charge in [0.1, 0.15) is 0 Å². The van der Waals surface area contributed by atoms with Crippen LogP contribution in [0.25, 0.3) is 6.08 Å². The Hall–Kier alpha value is -0.560. The molecule has 1 aromatic carbocycles. The van der Waals surface area contributed by atoms with Crippen molar-refractivity contribution in [1.29, 1.82) is 0 Å². The summed E-state index contributed by atoms with van der Waals surface area (Å²) >= 11 is 3.26. The van der Waals surface area contributed by atoms with Gasteiger partial charge in [0.25, 0.3) is 0 Å². The molecule has 0 bridgehead atoms. The van der Waals surface area contributed by atoms with E-state index in [4.69, 9.17) is 0 Å². The highest BCUT2D eigenvalue weighted by molar-refractivity contribution is 9.11. The average molecular weight is 239 g/mol. The van der Waals surface area contributed by atoms with Crippen molar-refractivity contribution in [2.75, 3.05) is 0 Å². The maximum absolute atomic E-state index is 3.26. The van der Waals surface area contributed by atoms with Gasteiger partial charge in [-0.3, -0.25) is 0 Å². The van der Waals surface area contributed by atoms with Gasteiger partial charge in [-0.15, -0.1) is 0 Å². The van der Waals surface area contributed by atoms with Crippen LogP contribution in [0, 0.1) is 0 Å². The van der Waals surface area contributed by atoms with Gasteiger partial charge in [-0.1, -0.05) is 61.0 Å². The lowest BCUT2D eigenvalue weighted by Gasteiger charge is -2.18. The largest absolute Gasteiger partial charge is 0.0595 e. The second-order valence-corrected chi connectivity index (χ2v) is 4.69. The Morgan fingerprint density at radius 2 is 1.62 bits per heavy atom. The molecule has 0 aliphatic heterocycles. The summed E-state index contributed by atoms with van der Waals surface area (Å²) in [5, 5.41) is 0. The first kappa shape index (κ1) is 10.5. The number of rotatable bonds is 1. The lowest BCUT2D eigenvalue weighted by atomic mass is 9.87. The Balaban J connectivity index is 2.94. The van der Waals surface area contributed by atoms with Crippen LogP contribution < -0.4 is 0 Å². The maximum Gasteiger partial charge on any atom is -0.0132 e. The van der Waals surface area contributed by atoms with E-state index in [1.54, 1.807) is 0 Å². The molecule has 0 aliphatic carbocycles. The van der Waals surface area contributed by atoms with Crippen LogP contribution in [0.3, 0.4) is 0 Å². The van der Waals surface area contributed by atoms with Gasteiger partial charge in [0, 0.05) is 0 Å². The third-order valence-corrected chi connectivity index (χ3v) is 2.30. The van der Waals surface area contributed by atoms with E-state index in [2.05, 4.69) is 61.0 Å². The normalized spacial score (nSPS) is 12.3. The Kier molecular flexibility index (Phi) is 3.32. The van der Waals surface area contributed by atoms with Crippen LogP contribution in [0.2, 0.25) is 0 Å². The molecule has 70 valence electrons. The smallest absolute Gasteiger partial charge is 0.0132 e. The molecule has 0 saturated heterocycles. The van der Waals surface area contributed by atoms with E-state index in [9.17, 15) is 0 Å². The van der Waals surface area contributed by atoms with Crippen molar-refractivity contribution in [2.45, 2.75) is 26.2 Å². The molecule has 0 spiro atoms. The summed E-state index contributed by atoms with van der Waals surface area (Å²) in [6.07, 6.45) is 2.03. The lowest BCUT2D eigenvalue weighted by molar-refractivity contribution is 0.590. The average Bonchev–Trinajstić information content (AvgIpc) is 2.04. The molecule has 0 aromatic heterocycles. The van der Waals surface area contributed by atoms with Gasteiger partial charge in [-0.05, 0) is 27.6 Å². The van der Waals surface area contributed by atoms with E-state index in [0.717, 1.165) is 0 Å². The monoisotopic (exact) mass is 238 g/mol. The van der Waals surface area contributed by atoms with E-state index in [0.29, 0.717) is 0 Å². The summed E-state index contributed by atoms with van der Waals surface area (Å²) in [7, 11) is 0. The lowest BCUT2D eigenvalue weighted by Crippen LogP contribution is -2.10. The summed E-state index contributed by atoms with van der Waals surface area (Å²) in [5.74, 6) is 0. The first-order valence-corrected chi connectivity index (χ1v) is 5.33. The number of hydrogen-bond acceptors (Lipinski definition) is 0. The second kappa shape index (κ2) is 4.10. The number of halogens is 1.